The highest BCUT2D eigenvalue weighted by Crippen LogP contribution is 2.21. The first-order valence-electron chi connectivity index (χ1n) is 12.1. The Bertz CT molecular complexity index is 1130. The van der Waals surface area contributed by atoms with Gasteiger partial charge in [-0.2, -0.15) is 5.10 Å². The predicted octanol–water partition coefficient (Wildman–Crippen LogP) is 2.33. The molecule has 190 valence electrons. The van der Waals surface area contributed by atoms with Gasteiger partial charge in [0, 0.05) is 24.6 Å². The fraction of sp³-hybridized carbons (Fsp3) is 0.520. The van der Waals surface area contributed by atoms with Crippen molar-refractivity contribution in [3.05, 3.63) is 47.8 Å². The lowest BCUT2D eigenvalue weighted by atomic mass is 9.87. The molecule has 1 aliphatic heterocycles. The van der Waals surface area contributed by atoms with E-state index in [9.17, 15) is 22.8 Å². The third kappa shape index (κ3) is 7.57. The maximum absolute atomic E-state index is 13.3. The van der Waals surface area contributed by atoms with E-state index in [1.165, 1.54) is 12.1 Å². The number of ketones is 2. The van der Waals surface area contributed by atoms with E-state index in [4.69, 9.17) is 0 Å². The van der Waals surface area contributed by atoms with Crippen LogP contribution in [-0.2, 0) is 37.2 Å². The molecule has 0 fully saturated rings. The number of carbonyl (C=O) groups is 3. The van der Waals surface area contributed by atoms with Gasteiger partial charge in [0.1, 0.15) is 0 Å². The van der Waals surface area contributed by atoms with Crippen molar-refractivity contribution >= 4 is 27.5 Å². The lowest BCUT2D eigenvalue weighted by Gasteiger charge is -2.22. The monoisotopic (exact) mass is 502 g/mol. The van der Waals surface area contributed by atoms with E-state index < -0.39 is 39.5 Å². The van der Waals surface area contributed by atoms with Crippen LogP contribution >= 0.6 is 0 Å². The first-order chi connectivity index (χ1) is 16.7. The van der Waals surface area contributed by atoms with Crippen LogP contribution in [0.15, 0.2) is 41.4 Å². The molecular weight excluding hydrogens is 468 g/mol. The van der Waals surface area contributed by atoms with Crippen LogP contribution < -0.4 is 10.0 Å². The molecule has 3 rings (SSSR count). The Morgan fingerprint density at radius 1 is 1.14 bits per heavy atom. The molecule has 1 amide bonds. The third-order valence-electron chi connectivity index (χ3n) is 6.20. The molecular formula is C25H34N4O5S. The van der Waals surface area contributed by atoms with Gasteiger partial charge in [0.15, 0.2) is 5.78 Å². The van der Waals surface area contributed by atoms with Crippen molar-refractivity contribution in [2.75, 3.05) is 6.54 Å². The molecule has 0 aliphatic carbocycles. The second-order valence-corrected chi connectivity index (χ2v) is 11.2. The van der Waals surface area contributed by atoms with Crippen LogP contribution in [0.3, 0.4) is 0 Å². The lowest BCUT2D eigenvalue weighted by Crippen LogP contribution is -2.44. The summed E-state index contributed by atoms with van der Waals surface area (Å²) < 4.78 is 28.3. The Hall–Kier alpha value is -2.85. The zero-order chi connectivity index (χ0) is 25.4. The molecule has 35 heavy (non-hydrogen) atoms. The molecule has 2 aromatic rings. The average Bonchev–Trinajstić information content (AvgIpc) is 3.27. The summed E-state index contributed by atoms with van der Waals surface area (Å²) >= 11 is 0. The van der Waals surface area contributed by atoms with Crippen molar-refractivity contribution in [2.45, 2.75) is 69.7 Å². The Labute approximate surface area is 206 Å². The van der Waals surface area contributed by atoms with Crippen molar-refractivity contribution in [1.82, 2.24) is 20.2 Å². The third-order valence-corrected chi connectivity index (χ3v) is 7.69. The van der Waals surface area contributed by atoms with E-state index >= 15 is 0 Å². The van der Waals surface area contributed by atoms with Gasteiger partial charge in [-0.05, 0) is 62.1 Å². The molecule has 3 N–H and O–H groups in total. The van der Waals surface area contributed by atoms with Crippen LogP contribution in [0.4, 0.5) is 0 Å². The minimum Gasteiger partial charge on any atom is -0.349 e. The first kappa shape index (κ1) is 26.7. The predicted molar refractivity (Wildman–Crippen MR) is 131 cm³/mol. The molecule has 2 unspecified atom stereocenters. The van der Waals surface area contributed by atoms with Gasteiger partial charge in [-0.3, -0.25) is 19.5 Å². The van der Waals surface area contributed by atoms with Crippen LogP contribution in [0.1, 0.15) is 57.2 Å². The number of aryl methyl sites for hydroxylation is 2. The summed E-state index contributed by atoms with van der Waals surface area (Å²) in [5.74, 6) is -2.55. The number of carbonyl (C=O) groups excluding carboxylic acids is 3. The summed E-state index contributed by atoms with van der Waals surface area (Å²) in [6.45, 7) is 4.17. The summed E-state index contributed by atoms with van der Waals surface area (Å²) in [4.78, 5) is 38.9. The molecule has 10 heteroatoms. The quantitative estimate of drug-likeness (QED) is 0.474. The molecule has 1 aromatic heterocycles. The van der Waals surface area contributed by atoms with Gasteiger partial charge in [-0.15, -0.1) is 0 Å². The molecule has 0 radical (unpaired) electrons. The van der Waals surface area contributed by atoms with E-state index in [0.29, 0.717) is 19.4 Å². The van der Waals surface area contributed by atoms with Crippen LogP contribution in [0.2, 0.25) is 0 Å². The molecule has 0 spiro atoms. The zero-order valence-corrected chi connectivity index (χ0v) is 21.1. The molecule has 9 nitrogen and oxygen atoms in total. The van der Waals surface area contributed by atoms with Crippen LogP contribution in [-0.4, -0.2) is 48.7 Å². The molecule has 1 aliphatic rings. The summed E-state index contributed by atoms with van der Waals surface area (Å²) in [6.07, 6.45) is 4.94. The van der Waals surface area contributed by atoms with Gasteiger partial charge in [0.2, 0.25) is 15.8 Å². The topological polar surface area (TPSA) is 138 Å². The van der Waals surface area contributed by atoms with E-state index in [-0.39, 0.29) is 23.7 Å². The summed E-state index contributed by atoms with van der Waals surface area (Å²) in [6, 6.07) is 6.86. The van der Waals surface area contributed by atoms with E-state index in [1.54, 1.807) is 24.4 Å². The summed E-state index contributed by atoms with van der Waals surface area (Å²) in [7, 11) is -3.93. The Morgan fingerprint density at radius 3 is 2.60 bits per heavy atom. The lowest BCUT2D eigenvalue weighted by molar-refractivity contribution is -0.141. The van der Waals surface area contributed by atoms with Gasteiger partial charge in [0.25, 0.3) is 5.91 Å². The number of rotatable bonds is 8. The van der Waals surface area contributed by atoms with Gasteiger partial charge >= 0.3 is 0 Å². The number of hydrogen-bond donors (Lipinski definition) is 3. The maximum Gasteiger partial charge on any atom is 0.287 e. The molecule has 2 heterocycles. The van der Waals surface area contributed by atoms with Gasteiger partial charge < -0.3 is 5.32 Å². The first-order valence-corrected chi connectivity index (χ1v) is 13.6. The standard InChI is InChI=1S/C25H34N4O5S/c1-17(2)14-22(29-35(33,34)20-8-4-3-5-9-20)23(30)15-18-11-12-19-16-27-28-21(19)10-6-7-13-26-25(32)24(18)31/h3-5,8-9,16-18,22,29H,6-7,10-15H2,1-2H3,(H,26,32)(H,27,28). The van der Waals surface area contributed by atoms with E-state index in [0.717, 1.165) is 30.5 Å². The highest BCUT2D eigenvalue weighted by molar-refractivity contribution is 7.89. The minimum absolute atomic E-state index is 0.0335. The highest BCUT2D eigenvalue weighted by atomic mass is 32.2. The maximum atomic E-state index is 13.3. The number of aromatic amines is 1. The Morgan fingerprint density at radius 2 is 1.89 bits per heavy atom. The number of sulfonamides is 1. The second-order valence-electron chi connectivity index (χ2n) is 9.47. The number of benzene rings is 1. The average molecular weight is 503 g/mol. The van der Waals surface area contributed by atoms with E-state index in [1.807, 2.05) is 13.8 Å². The van der Waals surface area contributed by atoms with Crippen molar-refractivity contribution in [1.29, 1.82) is 0 Å². The van der Waals surface area contributed by atoms with Crippen LogP contribution in [0, 0.1) is 11.8 Å². The van der Waals surface area contributed by atoms with Crippen molar-refractivity contribution in [3.63, 3.8) is 0 Å². The molecule has 1 aromatic carbocycles. The van der Waals surface area contributed by atoms with Crippen LogP contribution in [0.5, 0.6) is 0 Å². The SMILES string of the molecule is CC(C)CC(NS(=O)(=O)c1ccccc1)C(=O)CC1CCc2cn[nH]c2CCCCNC(=O)C1=O. The van der Waals surface area contributed by atoms with Crippen molar-refractivity contribution in [2.24, 2.45) is 11.8 Å². The van der Waals surface area contributed by atoms with Crippen molar-refractivity contribution < 1.29 is 22.8 Å². The molecule has 2 atom stereocenters. The molecule has 0 saturated heterocycles. The summed E-state index contributed by atoms with van der Waals surface area (Å²) in [5.41, 5.74) is 1.97. The fourth-order valence-electron chi connectivity index (χ4n) is 4.28. The number of nitrogens with one attached hydrogen (secondary N) is 3. The molecule has 0 saturated carbocycles. The number of fused-ring (bicyclic) bond motifs is 1. The number of amides is 1. The number of nitrogens with zero attached hydrogens (tertiary/aromatic N) is 1. The minimum atomic E-state index is -3.93. The molecule has 0 bridgehead atoms. The zero-order valence-electron chi connectivity index (χ0n) is 20.2. The van der Waals surface area contributed by atoms with Gasteiger partial charge in [-0.25, -0.2) is 13.1 Å². The normalized spacial score (nSPS) is 18.8. The van der Waals surface area contributed by atoms with Crippen molar-refractivity contribution in [3.8, 4) is 0 Å². The number of hydrogen-bond acceptors (Lipinski definition) is 6. The Balaban J connectivity index is 1.80. The largest absolute Gasteiger partial charge is 0.349 e. The smallest absolute Gasteiger partial charge is 0.287 e. The number of aromatic nitrogens is 2. The summed E-state index contributed by atoms with van der Waals surface area (Å²) in [5, 5.41) is 9.76. The van der Waals surface area contributed by atoms with E-state index in [2.05, 4.69) is 20.2 Å². The van der Waals surface area contributed by atoms with Gasteiger partial charge in [-0.1, -0.05) is 32.0 Å². The highest BCUT2D eigenvalue weighted by Gasteiger charge is 2.32. The van der Waals surface area contributed by atoms with Gasteiger partial charge in [0.05, 0.1) is 17.1 Å². The fourth-order valence-corrected chi connectivity index (χ4v) is 5.54. The number of Topliss-reactive ketones (excluding diaryl/α,β-unsaturated/α-hetero) is 2. The Kier molecular flexibility index (Phi) is 9.33. The second kappa shape index (κ2) is 12.2. The van der Waals surface area contributed by atoms with Crippen LogP contribution in [0.25, 0.3) is 0 Å². The number of H-pyrrole nitrogens is 1.